The van der Waals surface area contributed by atoms with Crippen molar-refractivity contribution in [2.75, 3.05) is 6.54 Å². The van der Waals surface area contributed by atoms with Crippen molar-refractivity contribution >= 4 is 27.5 Å². The largest absolute Gasteiger partial charge is 0.312 e. The highest BCUT2D eigenvalue weighted by Gasteiger charge is 2.19. The average Bonchev–Trinajstić information content (AvgIpc) is 2.42. The number of rotatable bonds is 5. The molecule has 1 N–H and O–H groups in total. The topological polar surface area (TPSA) is 12.0 Å². The highest BCUT2D eigenvalue weighted by atomic mass is 79.9. The normalized spacial score (nSPS) is 11.6. The molecule has 0 aromatic heterocycles. The van der Waals surface area contributed by atoms with Gasteiger partial charge in [0, 0.05) is 28.0 Å². The van der Waals surface area contributed by atoms with Crippen LogP contribution in [0.2, 0.25) is 5.02 Å². The van der Waals surface area contributed by atoms with Gasteiger partial charge in [0.05, 0.1) is 0 Å². The van der Waals surface area contributed by atoms with E-state index in [0.717, 1.165) is 22.6 Å². The summed E-state index contributed by atoms with van der Waals surface area (Å²) in [6.07, 6.45) is 0. The summed E-state index contributed by atoms with van der Waals surface area (Å²) in [5.74, 6) is 0. The van der Waals surface area contributed by atoms with E-state index in [2.05, 4.69) is 71.5 Å². The van der Waals surface area contributed by atoms with Gasteiger partial charge in [0.2, 0.25) is 0 Å². The lowest BCUT2D eigenvalue weighted by atomic mass is 9.84. The fraction of sp³-hybridized carbons (Fsp3) is 0.294. The first kappa shape index (κ1) is 15.6. The third kappa shape index (κ3) is 4.08. The molecule has 106 valence electrons. The summed E-state index contributed by atoms with van der Waals surface area (Å²) in [6, 6.07) is 16.5. The Morgan fingerprint density at radius 2 is 1.80 bits per heavy atom. The van der Waals surface area contributed by atoms with Gasteiger partial charge in [0.1, 0.15) is 0 Å². The maximum absolute atomic E-state index is 5.95. The van der Waals surface area contributed by atoms with Gasteiger partial charge in [-0.25, -0.2) is 0 Å². The molecule has 0 atom stereocenters. The highest BCUT2D eigenvalue weighted by molar-refractivity contribution is 9.10. The first-order chi connectivity index (χ1) is 9.49. The van der Waals surface area contributed by atoms with Gasteiger partial charge in [-0.2, -0.15) is 0 Å². The molecule has 2 aromatic carbocycles. The van der Waals surface area contributed by atoms with Gasteiger partial charge in [0.25, 0.3) is 0 Å². The van der Waals surface area contributed by atoms with Crippen LogP contribution in [0, 0.1) is 0 Å². The van der Waals surface area contributed by atoms with E-state index in [-0.39, 0.29) is 5.41 Å². The predicted octanol–water partition coefficient (Wildman–Crippen LogP) is 5.17. The first-order valence-corrected chi connectivity index (χ1v) is 7.86. The van der Waals surface area contributed by atoms with Crippen LogP contribution in [0.1, 0.15) is 25.0 Å². The van der Waals surface area contributed by atoms with Gasteiger partial charge in [0.15, 0.2) is 0 Å². The summed E-state index contributed by atoms with van der Waals surface area (Å²) in [7, 11) is 0. The molecular formula is C17H19BrClN. The van der Waals surface area contributed by atoms with Crippen LogP contribution in [-0.4, -0.2) is 6.54 Å². The van der Waals surface area contributed by atoms with Gasteiger partial charge in [-0.1, -0.05) is 77.8 Å². The fourth-order valence-electron chi connectivity index (χ4n) is 2.17. The standard InChI is InChI=1S/C17H19BrClN/c1-17(2,14-6-4-3-5-7-14)12-20-11-13-8-9-15(19)10-16(13)18/h3-10,20H,11-12H2,1-2H3. The van der Waals surface area contributed by atoms with Crippen LogP contribution in [0.3, 0.4) is 0 Å². The van der Waals surface area contributed by atoms with Crippen LogP contribution in [-0.2, 0) is 12.0 Å². The van der Waals surface area contributed by atoms with E-state index >= 15 is 0 Å². The molecule has 0 aliphatic rings. The summed E-state index contributed by atoms with van der Waals surface area (Å²) >= 11 is 9.50. The Balaban J connectivity index is 1.95. The molecule has 0 fully saturated rings. The zero-order valence-electron chi connectivity index (χ0n) is 11.8. The Morgan fingerprint density at radius 3 is 2.45 bits per heavy atom. The zero-order valence-corrected chi connectivity index (χ0v) is 14.1. The number of halogens is 2. The monoisotopic (exact) mass is 351 g/mol. The van der Waals surface area contributed by atoms with Crippen LogP contribution >= 0.6 is 27.5 Å². The Labute approximate surface area is 134 Å². The van der Waals surface area contributed by atoms with E-state index in [1.165, 1.54) is 11.1 Å². The van der Waals surface area contributed by atoms with Gasteiger partial charge < -0.3 is 5.32 Å². The van der Waals surface area contributed by atoms with Gasteiger partial charge in [-0.15, -0.1) is 0 Å². The highest BCUT2D eigenvalue weighted by Crippen LogP contribution is 2.23. The van der Waals surface area contributed by atoms with Crippen LogP contribution in [0.25, 0.3) is 0 Å². The fourth-order valence-corrected chi connectivity index (χ4v) is 2.99. The molecule has 0 bridgehead atoms. The van der Waals surface area contributed by atoms with Gasteiger partial charge in [-0.3, -0.25) is 0 Å². The third-order valence-corrected chi connectivity index (χ3v) is 4.43. The number of benzene rings is 2. The lowest BCUT2D eigenvalue weighted by Gasteiger charge is -2.26. The van der Waals surface area contributed by atoms with E-state index in [9.17, 15) is 0 Å². The van der Waals surface area contributed by atoms with E-state index in [1.807, 2.05) is 12.1 Å². The molecule has 0 saturated heterocycles. The Kier molecular flexibility index (Phi) is 5.25. The van der Waals surface area contributed by atoms with Gasteiger partial charge >= 0.3 is 0 Å². The van der Waals surface area contributed by atoms with Crippen LogP contribution < -0.4 is 5.32 Å². The number of hydrogen-bond donors (Lipinski definition) is 1. The minimum absolute atomic E-state index is 0.111. The van der Waals surface area contributed by atoms with Crippen molar-refractivity contribution in [2.24, 2.45) is 0 Å². The molecule has 0 amide bonds. The summed E-state index contributed by atoms with van der Waals surface area (Å²) in [5.41, 5.74) is 2.68. The summed E-state index contributed by atoms with van der Waals surface area (Å²) in [4.78, 5) is 0. The molecule has 3 heteroatoms. The smallest absolute Gasteiger partial charge is 0.0417 e. The second-order valence-electron chi connectivity index (χ2n) is 5.59. The van der Waals surface area contributed by atoms with Crippen molar-refractivity contribution in [2.45, 2.75) is 25.8 Å². The molecule has 0 aliphatic heterocycles. The SMILES string of the molecule is CC(C)(CNCc1ccc(Cl)cc1Br)c1ccccc1. The predicted molar refractivity (Wildman–Crippen MR) is 90.3 cm³/mol. The molecule has 2 aromatic rings. The van der Waals surface area contributed by atoms with Crippen molar-refractivity contribution in [1.82, 2.24) is 5.32 Å². The van der Waals surface area contributed by atoms with E-state index in [4.69, 9.17) is 11.6 Å². The quantitative estimate of drug-likeness (QED) is 0.782. The van der Waals surface area contributed by atoms with Crippen LogP contribution in [0.15, 0.2) is 53.0 Å². The van der Waals surface area contributed by atoms with Crippen molar-refractivity contribution < 1.29 is 0 Å². The zero-order chi connectivity index (χ0) is 14.6. The summed E-state index contributed by atoms with van der Waals surface area (Å²) in [5, 5.41) is 4.28. The minimum atomic E-state index is 0.111. The second kappa shape index (κ2) is 6.75. The molecule has 1 nitrogen and oxygen atoms in total. The van der Waals surface area contributed by atoms with E-state index < -0.39 is 0 Å². The van der Waals surface area contributed by atoms with Gasteiger partial charge in [-0.05, 0) is 23.3 Å². The maximum atomic E-state index is 5.95. The minimum Gasteiger partial charge on any atom is -0.312 e. The molecule has 0 saturated carbocycles. The van der Waals surface area contributed by atoms with E-state index in [0.29, 0.717) is 0 Å². The lowest BCUT2D eigenvalue weighted by molar-refractivity contribution is 0.468. The van der Waals surface area contributed by atoms with Crippen molar-refractivity contribution in [3.63, 3.8) is 0 Å². The molecule has 0 aliphatic carbocycles. The number of hydrogen-bond acceptors (Lipinski definition) is 1. The van der Waals surface area contributed by atoms with Crippen molar-refractivity contribution in [1.29, 1.82) is 0 Å². The Hall–Kier alpha value is -0.830. The molecule has 0 radical (unpaired) electrons. The van der Waals surface area contributed by atoms with Crippen molar-refractivity contribution in [3.8, 4) is 0 Å². The second-order valence-corrected chi connectivity index (χ2v) is 6.88. The first-order valence-electron chi connectivity index (χ1n) is 6.69. The van der Waals surface area contributed by atoms with Crippen LogP contribution in [0.5, 0.6) is 0 Å². The van der Waals surface area contributed by atoms with E-state index in [1.54, 1.807) is 0 Å². The van der Waals surface area contributed by atoms with Crippen molar-refractivity contribution in [3.05, 3.63) is 69.2 Å². The summed E-state index contributed by atoms with van der Waals surface area (Å²) < 4.78 is 1.05. The molecule has 20 heavy (non-hydrogen) atoms. The Morgan fingerprint density at radius 1 is 1.10 bits per heavy atom. The maximum Gasteiger partial charge on any atom is 0.0417 e. The Bertz CT molecular complexity index is 566. The molecule has 0 heterocycles. The molecule has 2 rings (SSSR count). The average molecular weight is 353 g/mol. The van der Waals surface area contributed by atoms with Crippen LogP contribution in [0.4, 0.5) is 0 Å². The third-order valence-electron chi connectivity index (χ3n) is 3.45. The molecule has 0 unspecified atom stereocenters. The summed E-state index contributed by atoms with van der Waals surface area (Å²) in [6.45, 7) is 6.26. The number of nitrogens with one attached hydrogen (secondary N) is 1. The molecular weight excluding hydrogens is 334 g/mol. The lowest BCUT2D eigenvalue weighted by Crippen LogP contribution is -2.32. The molecule has 0 spiro atoms.